The quantitative estimate of drug-likeness (QED) is 0.207. The van der Waals surface area contributed by atoms with Gasteiger partial charge in [0.15, 0.2) is 0 Å². The normalized spacial score (nSPS) is 14.1. The van der Waals surface area contributed by atoms with Crippen LogP contribution in [0.5, 0.6) is 0 Å². The van der Waals surface area contributed by atoms with E-state index in [1.54, 1.807) is 0 Å². The molecule has 0 saturated carbocycles. The average Bonchev–Trinajstić information content (AvgIpc) is 3.39. The summed E-state index contributed by atoms with van der Waals surface area (Å²) in [6, 6.07) is 36.2. The SMILES string of the molecule is C1=CCCC(c2ccc(-n3c4c(c5c6ccccc6c6ccccc6c53)-c3ccccc3CC4)cc2)=C1.CC. The predicted octanol–water partition coefficient (Wildman–Crippen LogP) is 10.5. The Morgan fingerprint density at radius 2 is 1.28 bits per heavy atom. The Bertz CT molecular complexity index is 1910. The predicted molar refractivity (Wildman–Crippen MR) is 169 cm³/mol. The van der Waals surface area contributed by atoms with Crippen LogP contribution in [0.1, 0.15) is 43.5 Å². The van der Waals surface area contributed by atoms with Crippen molar-refractivity contribution >= 4 is 38.0 Å². The van der Waals surface area contributed by atoms with Gasteiger partial charge in [-0.25, -0.2) is 0 Å². The fourth-order valence-electron chi connectivity index (χ4n) is 6.71. The first-order valence-electron chi connectivity index (χ1n) is 14.4. The van der Waals surface area contributed by atoms with Crippen LogP contribution < -0.4 is 0 Å². The van der Waals surface area contributed by atoms with Gasteiger partial charge in [0, 0.05) is 27.7 Å². The van der Waals surface area contributed by atoms with E-state index in [1.807, 2.05) is 13.8 Å². The van der Waals surface area contributed by atoms with Gasteiger partial charge in [0.05, 0.1) is 5.52 Å². The van der Waals surface area contributed by atoms with E-state index in [2.05, 4.69) is 120 Å². The van der Waals surface area contributed by atoms with Gasteiger partial charge in [-0.2, -0.15) is 0 Å². The molecule has 0 saturated heterocycles. The highest BCUT2D eigenvalue weighted by Crippen LogP contribution is 2.48. The summed E-state index contributed by atoms with van der Waals surface area (Å²) < 4.78 is 2.58. The molecule has 0 N–H and O–H groups in total. The van der Waals surface area contributed by atoms with Crippen molar-refractivity contribution in [2.45, 2.75) is 39.5 Å². The molecule has 6 aromatic rings. The van der Waals surface area contributed by atoms with E-state index >= 15 is 0 Å². The number of allylic oxidation sites excluding steroid dienone is 4. The van der Waals surface area contributed by atoms with Gasteiger partial charge in [-0.1, -0.05) is 117 Å². The first-order chi connectivity index (χ1) is 19.4. The molecule has 0 fully saturated rings. The van der Waals surface area contributed by atoms with Crippen LogP contribution >= 0.6 is 0 Å². The van der Waals surface area contributed by atoms with Crippen LogP contribution in [0, 0.1) is 0 Å². The minimum absolute atomic E-state index is 1.04. The lowest BCUT2D eigenvalue weighted by molar-refractivity contribution is 0.866. The third-order valence-corrected chi connectivity index (χ3v) is 8.37. The average molecular weight is 504 g/mol. The molecule has 0 bridgehead atoms. The number of benzene rings is 5. The molecule has 0 radical (unpaired) electrons. The largest absolute Gasteiger partial charge is 0.312 e. The van der Waals surface area contributed by atoms with Crippen molar-refractivity contribution in [3.8, 4) is 16.8 Å². The maximum Gasteiger partial charge on any atom is 0.0622 e. The maximum atomic E-state index is 2.58. The Balaban J connectivity index is 0.00000124. The van der Waals surface area contributed by atoms with Crippen molar-refractivity contribution in [2.24, 2.45) is 0 Å². The molecular weight excluding hydrogens is 470 g/mol. The zero-order valence-corrected chi connectivity index (χ0v) is 22.7. The van der Waals surface area contributed by atoms with Crippen LogP contribution in [-0.4, -0.2) is 4.57 Å². The van der Waals surface area contributed by atoms with E-state index in [-0.39, 0.29) is 0 Å². The van der Waals surface area contributed by atoms with Crippen LogP contribution in [-0.2, 0) is 12.8 Å². The molecule has 1 aromatic heterocycles. The molecule has 190 valence electrons. The molecule has 1 nitrogen and oxygen atoms in total. The molecule has 0 unspecified atom stereocenters. The number of fused-ring (bicyclic) bond motifs is 10. The minimum atomic E-state index is 1.04. The van der Waals surface area contributed by atoms with Gasteiger partial charge < -0.3 is 4.57 Å². The Kier molecular flexibility index (Phi) is 5.93. The smallest absolute Gasteiger partial charge is 0.0622 e. The molecule has 0 spiro atoms. The fourth-order valence-corrected chi connectivity index (χ4v) is 6.71. The highest BCUT2D eigenvalue weighted by atomic mass is 15.0. The summed E-state index contributed by atoms with van der Waals surface area (Å²) in [7, 11) is 0. The lowest BCUT2D eigenvalue weighted by atomic mass is 9.86. The zero-order chi connectivity index (χ0) is 26.3. The number of aromatic nitrogens is 1. The topological polar surface area (TPSA) is 4.93 Å². The molecule has 39 heavy (non-hydrogen) atoms. The van der Waals surface area contributed by atoms with Crippen molar-refractivity contribution in [3.63, 3.8) is 0 Å². The van der Waals surface area contributed by atoms with Crippen molar-refractivity contribution in [1.29, 1.82) is 0 Å². The third-order valence-electron chi connectivity index (χ3n) is 8.37. The lowest BCUT2D eigenvalue weighted by Crippen LogP contribution is -2.08. The van der Waals surface area contributed by atoms with E-state index in [0.717, 1.165) is 25.7 Å². The summed E-state index contributed by atoms with van der Waals surface area (Å²) >= 11 is 0. The van der Waals surface area contributed by atoms with Gasteiger partial charge in [-0.05, 0) is 76.2 Å². The second kappa shape index (κ2) is 9.75. The van der Waals surface area contributed by atoms with Gasteiger partial charge >= 0.3 is 0 Å². The summed E-state index contributed by atoms with van der Waals surface area (Å²) in [5.74, 6) is 0. The molecule has 0 aliphatic heterocycles. The van der Waals surface area contributed by atoms with Gasteiger partial charge in [0.25, 0.3) is 0 Å². The molecule has 8 rings (SSSR count). The molecule has 2 aliphatic carbocycles. The lowest BCUT2D eigenvalue weighted by Gasteiger charge is -2.20. The van der Waals surface area contributed by atoms with E-state index < -0.39 is 0 Å². The van der Waals surface area contributed by atoms with E-state index in [0.29, 0.717) is 0 Å². The summed E-state index contributed by atoms with van der Waals surface area (Å²) in [5, 5.41) is 6.72. The standard InChI is InChI=1S/C36H27N.C2H6/c1-2-10-24(11-3-1)25-18-21-27(22-19-25)37-33-23-20-26-12-4-5-13-28(26)34(33)35-31-16-8-6-14-29(31)30-15-7-9-17-32(30)36(35)37;1-2/h1-2,4-10,12-19,21-22H,3,11,20,23H2;1-2H3. The van der Waals surface area contributed by atoms with Crippen molar-refractivity contribution in [1.82, 2.24) is 4.57 Å². The van der Waals surface area contributed by atoms with Gasteiger partial charge in [0.2, 0.25) is 0 Å². The number of hydrogen-bond acceptors (Lipinski definition) is 0. The highest BCUT2D eigenvalue weighted by molar-refractivity contribution is 6.29. The third kappa shape index (κ3) is 3.68. The Hall–Kier alpha value is -4.36. The van der Waals surface area contributed by atoms with E-state index in [9.17, 15) is 0 Å². The first-order valence-corrected chi connectivity index (χ1v) is 14.4. The van der Waals surface area contributed by atoms with Gasteiger partial charge in [-0.15, -0.1) is 0 Å². The highest BCUT2D eigenvalue weighted by Gasteiger charge is 2.27. The molecular formula is C38H33N. The Labute approximate surface area is 230 Å². The van der Waals surface area contributed by atoms with Crippen LogP contribution in [0.15, 0.2) is 115 Å². The maximum absolute atomic E-state index is 2.58. The summed E-state index contributed by atoms with van der Waals surface area (Å²) in [5.41, 5.74) is 11.1. The van der Waals surface area contributed by atoms with Gasteiger partial charge in [0.1, 0.15) is 0 Å². The molecule has 2 aliphatic rings. The number of hydrogen-bond donors (Lipinski definition) is 0. The van der Waals surface area contributed by atoms with Crippen LogP contribution in [0.25, 0.3) is 54.8 Å². The summed E-state index contributed by atoms with van der Waals surface area (Å²) in [4.78, 5) is 0. The van der Waals surface area contributed by atoms with Crippen molar-refractivity contribution in [3.05, 3.63) is 132 Å². The molecule has 5 aromatic carbocycles. The number of aryl methyl sites for hydroxylation is 1. The van der Waals surface area contributed by atoms with Crippen LogP contribution in [0.3, 0.4) is 0 Å². The van der Waals surface area contributed by atoms with Crippen LogP contribution in [0.2, 0.25) is 0 Å². The minimum Gasteiger partial charge on any atom is -0.312 e. The molecule has 0 atom stereocenters. The van der Waals surface area contributed by atoms with Crippen LogP contribution in [0.4, 0.5) is 0 Å². The zero-order valence-electron chi connectivity index (χ0n) is 22.7. The van der Waals surface area contributed by atoms with Gasteiger partial charge in [-0.3, -0.25) is 0 Å². The Morgan fingerprint density at radius 1 is 0.615 bits per heavy atom. The first kappa shape index (κ1) is 23.7. The van der Waals surface area contributed by atoms with Crippen molar-refractivity contribution < 1.29 is 0 Å². The number of rotatable bonds is 2. The summed E-state index contributed by atoms with van der Waals surface area (Å²) in [6.07, 6.45) is 11.1. The van der Waals surface area contributed by atoms with Crippen molar-refractivity contribution in [2.75, 3.05) is 0 Å². The monoisotopic (exact) mass is 503 g/mol. The summed E-state index contributed by atoms with van der Waals surface area (Å²) in [6.45, 7) is 4.00. The fraction of sp³-hybridized carbons (Fsp3) is 0.158. The molecule has 1 heterocycles. The van der Waals surface area contributed by atoms with E-state index in [4.69, 9.17) is 0 Å². The molecule has 0 amide bonds. The number of nitrogens with zero attached hydrogens (tertiary/aromatic N) is 1. The second-order valence-electron chi connectivity index (χ2n) is 10.3. The molecule has 1 heteroatoms. The second-order valence-corrected chi connectivity index (χ2v) is 10.3. The van der Waals surface area contributed by atoms with E-state index in [1.165, 1.54) is 71.7 Å². The Morgan fingerprint density at radius 3 is 2.03 bits per heavy atom.